The second-order valence-corrected chi connectivity index (χ2v) is 11.4. The van der Waals surface area contributed by atoms with Gasteiger partial charge in [0.25, 0.3) is 5.56 Å². The molecule has 38 heavy (non-hydrogen) atoms. The van der Waals surface area contributed by atoms with Gasteiger partial charge in [-0.3, -0.25) is 9.59 Å². The summed E-state index contributed by atoms with van der Waals surface area (Å²) in [4.78, 5) is 28.2. The fourth-order valence-electron chi connectivity index (χ4n) is 4.30. The third-order valence-electron chi connectivity index (χ3n) is 6.35. The zero-order chi connectivity index (χ0) is 27.6. The van der Waals surface area contributed by atoms with Crippen LogP contribution in [0.2, 0.25) is 0 Å². The molecule has 1 amide bonds. The van der Waals surface area contributed by atoms with Crippen molar-refractivity contribution in [2.45, 2.75) is 32.6 Å². The summed E-state index contributed by atoms with van der Waals surface area (Å²) in [6, 6.07) is 12.4. The number of para-hydroxylation sites is 1. The van der Waals surface area contributed by atoms with Crippen LogP contribution in [0.25, 0.3) is 28.1 Å². The van der Waals surface area contributed by atoms with E-state index in [2.05, 4.69) is 10.3 Å². The van der Waals surface area contributed by atoms with Crippen LogP contribution in [-0.4, -0.2) is 36.2 Å². The quantitative estimate of drug-likeness (QED) is 0.314. The topological polar surface area (TPSA) is 110 Å². The molecule has 2 aromatic heterocycles. The SMILES string of the molecule is CCNC(=O)/C=C/c1cc2c(-c3cc(S(=O)(=O)CC)ccc3Oc3c(C)cccc3C)cn(C)c(=O)c2[nH]1. The number of nitrogens with zero attached hydrogens (tertiary/aromatic N) is 1. The summed E-state index contributed by atoms with van der Waals surface area (Å²) in [5.41, 5.74) is 3.66. The maximum atomic E-state index is 13.0. The summed E-state index contributed by atoms with van der Waals surface area (Å²) in [7, 11) is -1.88. The Morgan fingerprint density at radius 2 is 1.79 bits per heavy atom. The Morgan fingerprint density at radius 3 is 2.45 bits per heavy atom. The van der Waals surface area contributed by atoms with Gasteiger partial charge in [-0.1, -0.05) is 25.1 Å². The molecule has 4 aromatic rings. The van der Waals surface area contributed by atoms with Gasteiger partial charge in [0.05, 0.1) is 10.6 Å². The number of fused-ring (bicyclic) bond motifs is 1. The van der Waals surface area contributed by atoms with Gasteiger partial charge in [-0.15, -0.1) is 0 Å². The molecule has 2 aromatic carbocycles. The first-order chi connectivity index (χ1) is 18.1. The van der Waals surface area contributed by atoms with Crippen LogP contribution in [0.1, 0.15) is 30.7 Å². The molecule has 0 spiro atoms. The number of rotatable bonds is 8. The molecule has 0 saturated heterocycles. The first-order valence-electron chi connectivity index (χ1n) is 12.3. The first kappa shape index (κ1) is 26.9. The first-order valence-corrected chi connectivity index (χ1v) is 14.0. The summed E-state index contributed by atoms with van der Waals surface area (Å²) in [6.07, 6.45) is 4.66. The highest BCUT2D eigenvalue weighted by Crippen LogP contribution is 2.40. The van der Waals surface area contributed by atoms with Crippen LogP contribution in [0.15, 0.2) is 64.4 Å². The predicted octanol–water partition coefficient (Wildman–Crippen LogP) is 4.89. The Labute approximate surface area is 221 Å². The Balaban J connectivity index is 1.97. The van der Waals surface area contributed by atoms with Crippen molar-refractivity contribution in [1.82, 2.24) is 14.9 Å². The summed E-state index contributed by atoms with van der Waals surface area (Å²) in [5, 5.41) is 3.28. The normalized spacial score (nSPS) is 11.8. The third kappa shape index (κ3) is 5.28. The molecule has 8 nitrogen and oxygen atoms in total. The largest absolute Gasteiger partial charge is 0.456 e. The van der Waals surface area contributed by atoms with Crippen LogP contribution in [0.3, 0.4) is 0 Å². The number of likely N-dealkylation sites (N-methyl/N-ethyl adjacent to an activating group) is 1. The van der Waals surface area contributed by atoms with Crippen molar-refractivity contribution in [3.63, 3.8) is 0 Å². The number of pyridine rings is 1. The lowest BCUT2D eigenvalue weighted by Crippen LogP contribution is -2.19. The molecular weight excluding hydrogens is 502 g/mol. The molecular formula is C29H31N3O5S. The molecule has 2 N–H and O–H groups in total. The molecule has 198 valence electrons. The Kier molecular flexibility index (Phi) is 7.59. The number of aromatic amines is 1. The molecule has 0 aliphatic carbocycles. The Bertz CT molecular complexity index is 1710. The second kappa shape index (κ2) is 10.7. The van der Waals surface area contributed by atoms with E-state index >= 15 is 0 Å². The molecule has 0 radical (unpaired) electrons. The van der Waals surface area contributed by atoms with E-state index in [0.717, 1.165) is 11.1 Å². The highest BCUT2D eigenvalue weighted by molar-refractivity contribution is 7.91. The molecule has 0 saturated carbocycles. The fourth-order valence-corrected chi connectivity index (χ4v) is 5.20. The van der Waals surface area contributed by atoms with E-state index in [1.165, 1.54) is 10.6 Å². The lowest BCUT2D eigenvalue weighted by Gasteiger charge is -2.17. The Morgan fingerprint density at radius 1 is 1.08 bits per heavy atom. The standard InChI is InChI=1S/C29H31N3O5S/c1-6-30-26(33)14-11-20-15-23-24(17-32(5)29(34)27(23)31-20)22-16-21(38(35,36)7-2)12-13-25(22)37-28-18(3)9-8-10-19(28)4/h8-17,31H,6-7H2,1-5H3,(H,30,33)/b14-11+. The van der Waals surface area contributed by atoms with E-state index in [4.69, 9.17) is 4.74 Å². The predicted molar refractivity (Wildman–Crippen MR) is 150 cm³/mol. The van der Waals surface area contributed by atoms with Crippen molar-refractivity contribution in [1.29, 1.82) is 0 Å². The smallest absolute Gasteiger partial charge is 0.274 e. The number of ether oxygens (including phenoxy) is 1. The maximum Gasteiger partial charge on any atom is 0.274 e. The summed E-state index contributed by atoms with van der Waals surface area (Å²) in [5.74, 6) is 0.838. The van der Waals surface area contributed by atoms with Crippen LogP contribution in [0, 0.1) is 13.8 Å². The van der Waals surface area contributed by atoms with Crippen molar-refractivity contribution in [3.8, 4) is 22.6 Å². The minimum atomic E-state index is -3.51. The van der Waals surface area contributed by atoms with Crippen LogP contribution < -0.4 is 15.6 Å². The molecule has 0 unspecified atom stereocenters. The summed E-state index contributed by atoms with van der Waals surface area (Å²) >= 11 is 0. The van der Waals surface area contributed by atoms with E-state index in [1.54, 1.807) is 50.5 Å². The average Bonchev–Trinajstić information content (AvgIpc) is 3.32. The molecule has 4 rings (SSSR count). The van der Waals surface area contributed by atoms with Gasteiger partial charge in [0, 0.05) is 48.1 Å². The van der Waals surface area contributed by atoms with Gasteiger partial charge in [-0.2, -0.15) is 0 Å². The zero-order valence-electron chi connectivity index (χ0n) is 22.1. The lowest BCUT2D eigenvalue weighted by molar-refractivity contribution is -0.116. The number of carbonyl (C=O) groups is 1. The minimum absolute atomic E-state index is 0.0504. The number of carbonyl (C=O) groups excluding carboxylic acids is 1. The second-order valence-electron chi connectivity index (χ2n) is 9.08. The van der Waals surface area contributed by atoms with E-state index < -0.39 is 9.84 Å². The van der Waals surface area contributed by atoms with Gasteiger partial charge >= 0.3 is 0 Å². The number of benzene rings is 2. The van der Waals surface area contributed by atoms with E-state index in [1.807, 2.05) is 39.0 Å². The molecule has 0 aliphatic heterocycles. The van der Waals surface area contributed by atoms with Crippen molar-refractivity contribution >= 4 is 32.7 Å². The van der Waals surface area contributed by atoms with Crippen molar-refractivity contribution in [3.05, 3.63) is 81.9 Å². The van der Waals surface area contributed by atoms with Crippen LogP contribution in [-0.2, 0) is 21.7 Å². The monoisotopic (exact) mass is 533 g/mol. The van der Waals surface area contributed by atoms with Crippen molar-refractivity contribution < 1.29 is 17.9 Å². The summed E-state index contributed by atoms with van der Waals surface area (Å²) in [6.45, 7) is 7.82. The number of hydrogen-bond donors (Lipinski definition) is 2. The van der Waals surface area contributed by atoms with Crippen molar-refractivity contribution in [2.24, 2.45) is 7.05 Å². The van der Waals surface area contributed by atoms with Gasteiger partial charge in [-0.25, -0.2) is 8.42 Å². The van der Waals surface area contributed by atoms with Gasteiger partial charge in [0.2, 0.25) is 5.91 Å². The van der Waals surface area contributed by atoms with Gasteiger partial charge in [0.15, 0.2) is 9.84 Å². The molecule has 9 heteroatoms. The lowest BCUT2D eigenvalue weighted by atomic mass is 10.0. The minimum Gasteiger partial charge on any atom is -0.456 e. The molecule has 0 fully saturated rings. The molecule has 0 atom stereocenters. The van der Waals surface area contributed by atoms with Crippen LogP contribution >= 0.6 is 0 Å². The summed E-state index contributed by atoms with van der Waals surface area (Å²) < 4.78 is 33.4. The number of H-pyrrole nitrogens is 1. The maximum absolute atomic E-state index is 13.0. The number of nitrogens with one attached hydrogen (secondary N) is 2. The van der Waals surface area contributed by atoms with Crippen LogP contribution in [0.4, 0.5) is 0 Å². The highest BCUT2D eigenvalue weighted by Gasteiger charge is 2.21. The highest BCUT2D eigenvalue weighted by atomic mass is 32.2. The number of aromatic nitrogens is 2. The number of aryl methyl sites for hydroxylation is 3. The number of amides is 1. The molecule has 2 heterocycles. The fraction of sp³-hybridized carbons (Fsp3) is 0.241. The zero-order valence-corrected chi connectivity index (χ0v) is 22.9. The average molecular weight is 534 g/mol. The molecule has 0 bridgehead atoms. The number of sulfone groups is 1. The van der Waals surface area contributed by atoms with E-state index in [-0.39, 0.29) is 22.1 Å². The number of hydrogen-bond acceptors (Lipinski definition) is 5. The van der Waals surface area contributed by atoms with Gasteiger partial charge in [0.1, 0.15) is 17.0 Å². The Hall–Kier alpha value is -4.11. The van der Waals surface area contributed by atoms with E-state index in [0.29, 0.717) is 45.8 Å². The van der Waals surface area contributed by atoms with E-state index in [9.17, 15) is 18.0 Å². The third-order valence-corrected chi connectivity index (χ3v) is 8.08. The van der Waals surface area contributed by atoms with Crippen LogP contribution in [0.5, 0.6) is 11.5 Å². The van der Waals surface area contributed by atoms with Crippen molar-refractivity contribution in [2.75, 3.05) is 12.3 Å². The molecule has 0 aliphatic rings. The van der Waals surface area contributed by atoms with Gasteiger partial charge < -0.3 is 19.6 Å². The van der Waals surface area contributed by atoms with Gasteiger partial charge in [-0.05, 0) is 62.2 Å².